The maximum absolute atomic E-state index is 7.62. The largest absolute Gasteiger partial charge is 0.497 e. The van der Waals surface area contributed by atoms with Crippen molar-refractivity contribution in [2.24, 2.45) is 0 Å². The first-order valence-corrected chi connectivity index (χ1v) is 30.6. The van der Waals surface area contributed by atoms with E-state index in [0.717, 1.165) is 50.1 Å². The highest BCUT2D eigenvalue weighted by atomic mass is 32.2. The van der Waals surface area contributed by atoms with Gasteiger partial charge >= 0.3 is 0 Å². The summed E-state index contributed by atoms with van der Waals surface area (Å²) in [5.41, 5.74) is 6.07. The summed E-state index contributed by atoms with van der Waals surface area (Å²) in [5, 5.41) is 1.16. The van der Waals surface area contributed by atoms with Crippen LogP contribution in [-0.2, 0) is 84.8 Å². The van der Waals surface area contributed by atoms with Crippen LogP contribution in [0.3, 0.4) is 0 Å². The van der Waals surface area contributed by atoms with Crippen molar-refractivity contribution in [1.82, 2.24) is 0 Å². The van der Waals surface area contributed by atoms with Crippen molar-refractivity contribution in [3.8, 4) is 5.75 Å². The van der Waals surface area contributed by atoms with E-state index in [1.807, 2.05) is 121 Å². The molecule has 3 aliphatic heterocycles. The van der Waals surface area contributed by atoms with E-state index >= 15 is 0 Å². The van der Waals surface area contributed by atoms with Crippen LogP contribution in [0.1, 0.15) is 74.3 Å². The fourth-order valence-electron chi connectivity index (χ4n) is 11.0. The fraction of sp³-hybridized carbons (Fsp3) is 0.438. The molecule has 3 aliphatic rings. The van der Waals surface area contributed by atoms with E-state index in [-0.39, 0.29) is 35.8 Å². The van der Waals surface area contributed by atoms with Crippen molar-refractivity contribution in [3.63, 3.8) is 0 Å². The van der Waals surface area contributed by atoms with Gasteiger partial charge in [0, 0.05) is 12.7 Å². The Morgan fingerprint density at radius 2 is 1.04 bits per heavy atom. The van der Waals surface area contributed by atoms with Crippen LogP contribution in [0, 0.1) is 0 Å². The van der Waals surface area contributed by atoms with Gasteiger partial charge in [0.15, 0.2) is 12.6 Å². The summed E-state index contributed by atoms with van der Waals surface area (Å²) >= 11 is 1.72. The van der Waals surface area contributed by atoms with Gasteiger partial charge in [-0.2, -0.15) is 0 Å². The van der Waals surface area contributed by atoms with Crippen molar-refractivity contribution >= 4 is 25.3 Å². The van der Waals surface area contributed by atoms with Gasteiger partial charge < -0.3 is 56.5 Å². The van der Waals surface area contributed by atoms with Gasteiger partial charge in [-0.15, -0.1) is 11.8 Å². The van der Waals surface area contributed by atoms with Crippen LogP contribution in [0.2, 0.25) is 11.1 Å². The molecule has 6 aromatic rings. The minimum Gasteiger partial charge on any atom is -0.497 e. The maximum atomic E-state index is 7.62. The molecule has 14 heteroatoms. The number of ether oxygens (including phenoxy) is 11. The minimum atomic E-state index is -2.91. The van der Waals surface area contributed by atoms with Crippen LogP contribution < -0.4 is 9.92 Å². The first kappa shape index (κ1) is 57.9. The molecule has 12 nitrogen and oxygen atoms in total. The van der Waals surface area contributed by atoms with Crippen LogP contribution in [0.15, 0.2) is 170 Å². The average Bonchev–Trinajstić information content (AvgIpc) is 3.50. The molecule has 0 aromatic heterocycles. The molecule has 0 saturated carbocycles. The Balaban J connectivity index is 1.00. The van der Waals surface area contributed by atoms with Crippen molar-refractivity contribution in [2.75, 3.05) is 33.2 Å². The fourth-order valence-corrected chi connectivity index (χ4v) is 16.7. The van der Waals surface area contributed by atoms with E-state index in [1.165, 1.54) is 0 Å². The third-order valence-electron chi connectivity index (χ3n) is 15.0. The van der Waals surface area contributed by atoms with Gasteiger partial charge in [-0.1, -0.05) is 192 Å². The normalized spacial score (nSPS) is 25.5. The maximum Gasteiger partial charge on any atom is 0.229 e. The SMILES string of the molecule is CCS[C@@H]1O[C@@H]2CO[C@@H](c3ccccc3)O[C@H]2[C@H](OCc2cccc([Si](OC[C@H]3O[C@H](OC)[C@H](OCc4ccccc4)[C@@H](OCc4ccccc4)[C@@H]3OCc3ccc(OC)cc3)(C(C)C)C(C)C)c2)[C@H]1OCc1ccccc1. The van der Waals surface area contributed by atoms with Crippen LogP contribution in [0.5, 0.6) is 5.75 Å². The van der Waals surface area contributed by atoms with Crippen molar-refractivity contribution in [1.29, 1.82) is 0 Å². The van der Waals surface area contributed by atoms with E-state index in [2.05, 4.69) is 83.1 Å². The molecule has 11 atom stereocenters. The van der Waals surface area contributed by atoms with E-state index < -0.39 is 63.6 Å². The molecule has 0 bridgehead atoms. The van der Waals surface area contributed by atoms with Gasteiger partial charge in [-0.25, -0.2) is 0 Å². The lowest BCUT2D eigenvalue weighted by Gasteiger charge is -2.49. The summed E-state index contributed by atoms with van der Waals surface area (Å²) < 4.78 is 81.1. The second-order valence-corrected chi connectivity index (χ2v) is 26.9. The number of methoxy groups -OCH3 is 2. The molecule has 0 aliphatic carbocycles. The van der Waals surface area contributed by atoms with Crippen molar-refractivity contribution in [2.45, 2.75) is 146 Å². The molecule has 416 valence electrons. The quantitative estimate of drug-likeness (QED) is 0.0481. The highest BCUT2D eigenvalue weighted by molar-refractivity contribution is 7.99. The van der Waals surface area contributed by atoms with Crippen molar-refractivity contribution in [3.05, 3.63) is 203 Å². The lowest BCUT2D eigenvalue weighted by atomic mass is 9.98. The summed E-state index contributed by atoms with van der Waals surface area (Å²) in [6, 6.07) is 57.2. The van der Waals surface area contributed by atoms with E-state index in [4.69, 9.17) is 56.5 Å². The summed E-state index contributed by atoms with van der Waals surface area (Å²) in [6.45, 7) is 13.5. The summed E-state index contributed by atoms with van der Waals surface area (Å²) in [4.78, 5) is 0. The van der Waals surface area contributed by atoms with Crippen LogP contribution in [0.4, 0.5) is 0 Å². The topological polar surface area (TPSA) is 111 Å². The molecular formula is C64H78O12SSi. The van der Waals surface area contributed by atoms with Gasteiger partial charge in [0.1, 0.15) is 60.0 Å². The minimum absolute atomic E-state index is 0.158. The molecule has 0 unspecified atom stereocenters. The Labute approximate surface area is 467 Å². The van der Waals surface area contributed by atoms with Gasteiger partial charge in [0.2, 0.25) is 8.32 Å². The van der Waals surface area contributed by atoms with Crippen LogP contribution in [-0.4, -0.2) is 102 Å². The molecule has 78 heavy (non-hydrogen) atoms. The second kappa shape index (κ2) is 28.6. The molecule has 3 fully saturated rings. The summed E-state index contributed by atoms with van der Waals surface area (Å²) in [7, 11) is 0.412. The molecule has 0 radical (unpaired) electrons. The Bertz CT molecular complexity index is 2660. The third-order valence-corrected chi connectivity index (χ3v) is 21.3. The average molecular weight is 1100 g/mol. The Morgan fingerprint density at radius 1 is 0.526 bits per heavy atom. The molecule has 0 spiro atoms. The summed E-state index contributed by atoms with van der Waals surface area (Å²) in [6.07, 6.45) is -5.59. The molecule has 6 aromatic carbocycles. The predicted octanol–water partition coefficient (Wildman–Crippen LogP) is 11.9. The Morgan fingerprint density at radius 3 is 1.60 bits per heavy atom. The van der Waals surface area contributed by atoms with Gasteiger partial charge in [-0.3, -0.25) is 0 Å². The van der Waals surface area contributed by atoms with E-state index in [9.17, 15) is 0 Å². The third kappa shape index (κ3) is 14.4. The highest BCUT2D eigenvalue weighted by Crippen LogP contribution is 2.41. The zero-order valence-electron chi connectivity index (χ0n) is 46.1. The number of fused-ring (bicyclic) bond motifs is 1. The first-order valence-electron chi connectivity index (χ1n) is 27.5. The van der Waals surface area contributed by atoms with Gasteiger partial charge in [0.05, 0.1) is 53.4 Å². The van der Waals surface area contributed by atoms with E-state index in [1.54, 1.807) is 26.0 Å². The number of thioether (sulfide) groups is 1. The number of benzene rings is 6. The molecule has 3 heterocycles. The standard InChI is InChI=1S/C64H78O12SSi/c1-8-77-64-61(71-39-48-26-17-11-18-27-48)59(57-54(75-64)42-72-62(76-57)51-29-19-12-20-30-51)69-41-50-28-21-31-53(36-50)78(44(2)3,45(4)5)73-43-55-56(67-40-49-32-34-52(65-6)35-33-49)58(68-37-46-22-13-9-14-23-46)60(63(66-7)74-55)70-38-47-24-15-10-16-25-47/h9-36,44-45,54-64H,8,37-43H2,1-7H3/t54-,55-,56-,57-,58+,59+,60-,61-,62-,63+,64+/m1/s1. The summed E-state index contributed by atoms with van der Waals surface area (Å²) in [5.74, 6) is 1.61. The van der Waals surface area contributed by atoms with Gasteiger partial charge in [-0.05, 0) is 62.0 Å². The smallest absolute Gasteiger partial charge is 0.229 e. The van der Waals surface area contributed by atoms with Crippen molar-refractivity contribution < 1.29 is 56.5 Å². The molecule has 3 saturated heterocycles. The van der Waals surface area contributed by atoms with E-state index in [0.29, 0.717) is 33.0 Å². The molecule has 0 amide bonds. The predicted molar refractivity (Wildman–Crippen MR) is 306 cm³/mol. The molecular weight excluding hydrogens is 1020 g/mol. The molecule has 0 N–H and O–H groups in total. The monoisotopic (exact) mass is 1100 g/mol. The number of hydrogen-bond acceptors (Lipinski definition) is 13. The van der Waals surface area contributed by atoms with Crippen LogP contribution in [0.25, 0.3) is 0 Å². The zero-order chi connectivity index (χ0) is 54.3. The highest BCUT2D eigenvalue weighted by Gasteiger charge is 2.53. The lowest BCUT2D eigenvalue weighted by Crippen LogP contribution is -2.63. The van der Waals surface area contributed by atoms with Gasteiger partial charge in [0.25, 0.3) is 0 Å². The number of hydrogen-bond donors (Lipinski definition) is 0. The lowest BCUT2D eigenvalue weighted by molar-refractivity contribution is -0.329. The Hall–Kier alpha value is -4.75. The second-order valence-electron chi connectivity index (χ2n) is 20.8. The first-order chi connectivity index (χ1) is 38.2. The number of rotatable bonds is 26. The zero-order valence-corrected chi connectivity index (χ0v) is 48.0. The van der Waals surface area contributed by atoms with Crippen LogP contribution >= 0.6 is 11.8 Å². The molecule has 9 rings (SSSR count). The Kier molecular flexibility index (Phi) is 21.2.